The van der Waals surface area contributed by atoms with E-state index < -0.39 is 42.0 Å². The van der Waals surface area contributed by atoms with Gasteiger partial charge in [0.05, 0.1) is 18.2 Å². The molecule has 1 amide bonds. The largest absolute Gasteiger partial charge is 0.391 e. The van der Waals surface area contributed by atoms with E-state index in [1.165, 1.54) is 18.7 Å². The fraction of sp³-hybridized carbons (Fsp3) is 0.944. The lowest BCUT2D eigenvalue weighted by Gasteiger charge is -2.44. The topological polar surface area (TPSA) is 122 Å². The van der Waals surface area contributed by atoms with E-state index in [0.717, 1.165) is 25.8 Å². The Hall–Kier alpha value is -0.130. The number of aliphatic hydroxyl groups is 4. The molecule has 0 aliphatic carbocycles. The quantitative estimate of drug-likeness (QED) is 0.360. The van der Waals surface area contributed by atoms with Crippen LogP contribution in [0.5, 0.6) is 0 Å². The number of thioether (sulfide) groups is 1. The minimum absolute atomic E-state index is 0. The summed E-state index contributed by atoms with van der Waals surface area (Å²) in [6.45, 7) is 4.48. The van der Waals surface area contributed by atoms with Crippen LogP contribution < -0.4 is 5.32 Å². The Labute approximate surface area is 177 Å². The zero-order chi connectivity index (χ0) is 20.3. The van der Waals surface area contributed by atoms with Gasteiger partial charge in [0.25, 0.3) is 0 Å². The number of nitrogens with one attached hydrogen (secondary N) is 1. The van der Waals surface area contributed by atoms with E-state index in [2.05, 4.69) is 12.2 Å². The maximum atomic E-state index is 12.8. The predicted octanol–water partition coefficient (Wildman–Crippen LogP) is -0.435. The van der Waals surface area contributed by atoms with Crippen molar-refractivity contribution in [2.45, 2.75) is 81.1 Å². The molecule has 10 heteroatoms. The third kappa shape index (κ3) is 5.72. The zero-order valence-corrected chi connectivity index (χ0v) is 18.5. The van der Waals surface area contributed by atoms with Gasteiger partial charge in [0, 0.05) is 6.54 Å². The van der Waals surface area contributed by atoms with Crippen LogP contribution in [0.3, 0.4) is 0 Å². The number of halogens is 1. The molecule has 28 heavy (non-hydrogen) atoms. The highest BCUT2D eigenvalue weighted by atomic mass is 35.5. The number of likely N-dealkylation sites (tertiary alicyclic amines) is 1. The highest BCUT2D eigenvalue weighted by molar-refractivity contribution is 7.99. The van der Waals surface area contributed by atoms with E-state index in [1.54, 1.807) is 6.26 Å². The minimum Gasteiger partial charge on any atom is -0.391 e. The highest BCUT2D eigenvalue weighted by Gasteiger charge is 2.48. The fourth-order valence-corrected chi connectivity index (χ4v) is 4.81. The van der Waals surface area contributed by atoms with E-state index in [1.807, 2.05) is 11.9 Å². The van der Waals surface area contributed by atoms with Gasteiger partial charge in [0.1, 0.15) is 29.9 Å². The average molecular weight is 443 g/mol. The molecule has 2 aliphatic heterocycles. The number of carbonyl (C=O) groups is 1. The third-order valence-electron chi connectivity index (χ3n) is 5.66. The van der Waals surface area contributed by atoms with Crippen LogP contribution >= 0.6 is 24.2 Å². The molecule has 0 radical (unpaired) electrons. The molecule has 166 valence electrons. The molecule has 0 saturated carbocycles. The van der Waals surface area contributed by atoms with Crippen LogP contribution in [0.15, 0.2) is 0 Å². The summed E-state index contributed by atoms with van der Waals surface area (Å²) in [5.74, 6) is 0.245. The van der Waals surface area contributed by atoms with Gasteiger partial charge in [-0.25, -0.2) is 0 Å². The van der Waals surface area contributed by atoms with Crippen LogP contribution in [-0.2, 0) is 9.53 Å². The van der Waals surface area contributed by atoms with Gasteiger partial charge in [-0.2, -0.15) is 0 Å². The van der Waals surface area contributed by atoms with Crippen molar-refractivity contribution in [1.82, 2.24) is 10.2 Å². The van der Waals surface area contributed by atoms with Gasteiger partial charge in [0.15, 0.2) is 0 Å². The normalized spacial score (nSPS) is 38.5. The Kier molecular flexibility index (Phi) is 10.5. The second-order valence-electron chi connectivity index (χ2n) is 7.80. The fourth-order valence-electron chi connectivity index (χ4n) is 4.13. The van der Waals surface area contributed by atoms with Crippen LogP contribution in [0.2, 0.25) is 0 Å². The number of nitrogens with zero attached hydrogens (tertiary/aromatic N) is 1. The van der Waals surface area contributed by atoms with Crippen LogP contribution in [0.25, 0.3) is 0 Å². The third-order valence-corrected chi connectivity index (χ3v) is 6.51. The standard InChI is InChI=1S/C18H34N2O6S.ClH/c1-5-6-10-7-11(20(3)8-10)17(25)19-12(9(2)21)16-14(23)13(22)15(24)18(26-16)27-4;/h9-16,18,21-24H,5-8H2,1-4H3,(H,19,25);1H/t9?,10?,11?,12-,13?,14?,15+,16?,18?;/m1./s1. The number of hydrogen-bond acceptors (Lipinski definition) is 8. The second kappa shape index (κ2) is 11.3. The van der Waals surface area contributed by atoms with Crippen LogP contribution in [0, 0.1) is 5.92 Å². The van der Waals surface area contributed by atoms with Gasteiger partial charge < -0.3 is 30.5 Å². The minimum atomic E-state index is -1.42. The Morgan fingerprint density at radius 3 is 2.46 bits per heavy atom. The Balaban J connectivity index is 0.00000392. The summed E-state index contributed by atoms with van der Waals surface area (Å²) in [7, 11) is 1.91. The number of likely N-dealkylation sites (N-methyl/N-ethyl adjacent to an activating group) is 1. The monoisotopic (exact) mass is 442 g/mol. The summed E-state index contributed by atoms with van der Waals surface area (Å²) in [5.41, 5.74) is -0.755. The summed E-state index contributed by atoms with van der Waals surface area (Å²) in [6, 6.07) is -1.20. The van der Waals surface area contributed by atoms with Crippen molar-refractivity contribution < 1.29 is 30.0 Å². The van der Waals surface area contributed by atoms with Gasteiger partial charge in [-0.05, 0) is 39.0 Å². The number of carbonyl (C=O) groups excluding carboxylic acids is 1. The van der Waals surface area contributed by atoms with Crippen molar-refractivity contribution in [3.63, 3.8) is 0 Å². The van der Waals surface area contributed by atoms with E-state index in [0.29, 0.717) is 5.92 Å². The van der Waals surface area contributed by atoms with E-state index in [4.69, 9.17) is 4.74 Å². The van der Waals surface area contributed by atoms with Crippen molar-refractivity contribution in [1.29, 1.82) is 0 Å². The first-order valence-electron chi connectivity index (χ1n) is 9.62. The lowest BCUT2D eigenvalue weighted by atomic mass is 9.92. The second-order valence-corrected chi connectivity index (χ2v) is 8.73. The van der Waals surface area contributed by atoms with Crippen molar-refractivity contribution >= 4 is 30.1 Å². The molecule has 5 N–H and O–H groups in total. The van der Waals surface area contributed by atoms with Gasteiger partial charge in [-0.1, -0.05) is 13.3 Å². The lowest BCUT2D eigenvalue weighted by Crippen LogP contribution is -2.65. The van der Waals surface area contributed by atoms with Crippen molar-refractivity contribution in [2.75, 3.05) is 19.8 Å². The molecule has 7 unspecified atom stereocenters. The Morgan fingerprint density at radius 1 is 1.29 bits per heavy atom. The first-order chi connectivity index (χ1) is 12.7. The summed E-state index contributed by atoms with van der Waals surface area (Å²) < 4.78 is 5.72. The number of ether oxygens (including phenoxy) is 1. The molecule has 2 rings (SSSR count). The van der Waals surface area contributed by atoms with E-state index >= 15 is 0 Å². The number of rotatable bonds is 7. The zero-order valence-electron chi connectivity index (χ0n) is 16.9. The Morgan fingerprint density at radius 2 is 1.93 bits per heavy atom. The molecule has 9 atom stereocenters. The number of aliphatic hydroxyl groups excluding tert-OH is 4. The molecule has 2 aliphatic rings. The van der Waals surface area contributed by atoms with Gasteiger partial charge in [-0.15, -0.1) is 24.2 Å². The van der Waals surface area contributed by atoms with E-state index in [9.17, 15) is 25.2 Å². The highest BCUT2D eigenvalue weighted by Crippen LogP contribution is 2.30. The summed E-state index contributed by atoms with van der Waals surface area (Å²) in [6.07, 6.45) is -1.50. The average Bonchev–Trinajstić information content (AvgIpc) is 2.99. The molecule has 2 saturated heterocycles. The molecule has 0 aromatic heterocycles. The van der Waals surface area contributed by atoms with Crippen LogP contribution in [-0.4, -0.2) is 99.1 Å². The lowest BCUT2D eigenvalue weighted by molar-refractivity contribution is -0.211. The molecule has 0 aromatic carbocycles. The van der Waals surface area contributed by atoms with Gasteiger partial charge >= 0.3 is 0 Å². The molecule has 0 aromatic rings. The maximum Gasteiger partial charge on any atom is 0.237 e. The van der Waals surface area contributed by atoms with Gasteiger partial charge in [0.2, 0.25) is 5.91 Å². The smallest absolute Gasteiger partial charge is 0.237 e. The number of hydrogen-bond donors (Lipinski definition) is 5. The predicted molar refractivity (Wildman–Crippen MR) is 110 cm³/mol. The SMILES string of the molecule is CCCC1CC(C(=O)N[C@H](C(C)O)C2OC(SC)[C@@H](O)C(O)C2O)N(C)C1.Cl. The van der Waals surface area contributed by atoms with Crippen molar-refractivity contribution in [3.05, 3.63) is 0 Å². The van der Waals surface area contributed by atoms with Crippen LogP contribution in [0.1, 0.15) is 33.1 Å². The van der Waals surface area contributed by atoms with Crippen molar-refractivity contribution in [2.24, 2.45) is 5.92 Å². The Bertz CT molecular complexity index is 501. The molecule has 0 spiro atoms. The van der Waals surface area contributed by atoms with Crippen molar-refractivity contribution in [3.8, 4) is 0 Å². The first-order valence-corrected chi connectivity index (χ1v) is 10.9. The van der Waals surface area contributed by atoms with Crippen LogP contribution in [0.4, 0.5) is 0 Å². The first kappa shape index (κ1) is 25.9. The van der Waals surface area contributed by atoms with E-state index in [-0.39, 0.29) is 24.4 Å². The molecule has 2 fully saturated rings. The molecular weight excluding hydrogens is 408 g/mol. The molecule has 8 nitrogen and oxygen atoms in total. The number of amides is 1. The summed E-state index contributed by atoms with van der Waals surface area (Å²) >= 11 is 1.20. The maximum absolute atomic E-state index is 12.8. The molecule has 0 bridgehead atoms. The van der Waals surface area contributed by atoms with Gasteiger partial charge in [-0.3, -0.25) is 9.69 Å². The summed E-state index contributed by atoms with van der Waals surface area (Å²) in [5, 5.41) is 43.5. The molecular formula is C18H35ClN2O6S. The summed E-state index contributed by atoms with van der Waals surface area (Å²) in [4.78, 5) is 14.9. The molecule has 2 heterocycles.